The minimum absolute atomic E-state index is 0.280. The third-order valence-corrected chi connectivity index (χ3v) is 4.95. The maximum Gasteiger partial charge on any atom is 0.216 e. The number of nitrogens with zero attached hydrogens (tertiary/aromatic N) is 3. The van der Waals surface area contributed by atoms with Gasteiger partial charge in [-0.3, -0.25) is 4.90 Å². The van der Waals surface area contributed by atoms with Gasteiger partial charge in [0, 0.05) is 20.1 Å². The van der Waals surface area contributed by atoms with Crippen molar-refractivity contribution in [3.05, 3.63) is 35.4 Å². The number of hydrogen-bond donors (Lipinski definition) is 1. The van der Waals surface area contributed by atoms with E-state index in [9.17, 15) is 0 Å². The first kappa shape index (κ1) is 18.0. The number of rotatable bonds is 8. The summed E-state index contributed by atoms with van der Waals surface area (Å²) in [5.41, 5.74) is 2.25. The Morgan fingerprint density at radius 1 is 1.32 bits per heavy atom. The summed E-state index contributed by atoms with van der Waals surface area (Å²) in [5, 5.41) is 8.24. The minimum atomic E-state index is 0.280. The average Bonchev–Trinajstić information content (AvgIpc) is 3.33. The van der Waals surface area contributed by atoms with Gasteiger partial charge in [-0.05, 0) is 44.0 Å². The second-order valence-electron chi connectivity index (χ2n) is 7.06. The zero-order valence-corrected chi connectivity index (χ0v) is 15.8. The standard InChI is InChI=1S/C19H30N4O2/c1-14(2)18-15(19(24-4)22(3)21-18)12-20-13-16(17-8-7-11-25-17)23-9-5-6-10-23/h7-8,11,14,16,20H,5-6,9-10,12-13H2,1-4H3/t16-/m1/s1. The van der Waals surface area contributed by atoms with E-state index in [1.54, 1.807) is 13.4 Å². The monoisotopic (exact) mass is 346 g/mol. The van der Waals surface area contributed by atoms with Gasteiger partial charge < -0.3 is 14.5 Å². The lowest BCUT2D eigenvalue weighted by molar-refractivity contribution is 0.209. The summed E-state index contributed by atoms with van der Waals surface area (Å²) in [6.45, 7) is 8.21. The topological polar surface area (TPSA) is 55.5 Å². The summed E-state index contributed by atoms with van der Waals surface area (Å²) >= 11 is 0. The Morgan fingerprint density at radius 3 is 2.68 bits per heavy atom. The molecule has 0 radical (unpaired) electrons. The largest absolute Gasteiger partial charge is 0.481 e. The van der Waals surface area contributed by atoms with Crippen LogP contribution in [0.4, 0.5) is 0 Å². The molecule has 3 heterocycles. The van der Waals surface area contributed by atoms with Crippen LogP contribution in [0.25, 0.3) is 0 Å². The summed E-state index contributed by atoms with van der Waals surface area (Å²) in [7, 11) is 3.64. The summed E-state index contributed by atoms with van der Waals surface area (Å²) < 4.78 is 13.1. The van der Waals surface area contributed by atoms with E-state index in [4.69, 9.17) is 9.15 Å². The van der Waals surface area contributed by atoms with Gasteiger partial charge in [-0.15, -0.1) is 0 Å². The fraction of sp³-hybridized carbons (Fsp3) is 0.632. The van der Waals surface area contributed by atoms with Gasteiger partial charge >= 0.3 is 0 Å². The number of methoxy groups -OCH3 is 1. The van der Waals surface area contributed by atoms with Gasteiger partial charge in [0.1, 0.15) is 5.76 Å². The molecule has 2 aromatic heterocycles. The molecule has 2 aromatic rings. The molecule has 1 fully saturated rings. The van der Waals surface area contributed by atoms with Crippen molar-refractivity contribution in [2.45, 2.75) is 45.2 Å². The molecular formula is C19H30N4O2. The van der Waals surface area contributed by atoms with Crippen molar-refractivity contribution < 1.29 is 9.15 Å². The molecule has 0 spiro atoms. The van der Waals surface area contributed by atoms with Crippen LogP contribution in [0.1, 0.15) is 55.7 Å². The second kappa shape index (κ2) is 8.06. The highest BCUT2D eigenvalue weighted by molar-refractivity contribution is 5.33. The maximum atomic E-state index is 5.70. The van der Waals surface area contributed by atoms with Crippen LogP contribution in [0.3, 0.4) is 0 Å². The molecule has 0 saturated carbocycles. The van der Waals surface area contributed by atoms with E-state index in [1.165, 1.54) is 12.8 Å². The summed E-state index contributed by atoms with van der Waals surface area (Å²) in [6, 6.07) is 4.33. The number of hydrogen-bond acceptors (Lipinski definition) is 5. The molecular weight excluding hydrogens is 316 g/mol. The van der Waals surface area contributed by atoms with Crippen molar-refractivity contribution in [3.63, 3.8) is 0 Å². The Kier molecular flexibility index (Phi) is 5.81. The molecule has 1 atom stereocenters. The van der Waals surface area contributed by atoms with Gasteiger partial charge in [-0.25, -0.2) is 4.68 Å². The third kappa shape index (κ3) is 3.90. The molecule has 1 aliphatic heterocycles. The molecule has 1 N–H and O–H groups in total. The van der Waals surface area contributed by atoms with E-state index in [0.717, 1.165) is 49.1 Å². The van der Waals surface area contributed by atoms with Gasteiger partial charge in [0.15, 0.2) is 0 Å². The molecule has 0 bridgehead atoms. The van der Waals surface area contributed by atoms with Gasteiger partial charge in [0.2, 0.25) is 5.88 Å². The van der Waals surface area contributed by atoms with Crippen molar-refractivity contribution in [3.8, 4) is 5.88 Å². The van der Waals surface area contributed by atoms with E-state index in [1.807, 2.05) is 17.8 Å². The predicted octanol–water partition coefficient (Wildman–Crippen LogP) is 3.07. The number of nitrogens with one attached hydrogen (secondary N) is 1. The first-order valence-corrected chi connectivity index (χ1v) is 9.19. The maximum absolute atomic E-state index is 5.70. The van der Waals surface area contributed by atoms with Crippen LogP contribution >= 0.6 is 0 Å². The van der Waals surface area contributed by atoms with Crippen LogP contribution in [-0.2, 0) is 13.6 Å². The summed E-state index contributed by atoms with van der Waals surface area (Å²) in [5.74, 6) is 2.25. The molecule has 0 amide bonds. The van der Waals surface area contributed by atoms with Crippen molar-refractivity contribution in [2.24, 2.45) is 7.05 Å². The molecule has 0 aliphatic carbocycles. The number of aryl methyl sites for hydroxylation is 1. The van der Waals surface area contributed by atoms with E-state index in [-0.39, 0.29) is 6.04 Å². The van der Waals surface area contributed by atoms with Gasteiger partial charge in [0.25, 0.3) is 0 Å². The molecule has 6 nitrogen and oxygen atoms in total. The Morgan fingerprint density at radius 2 is 2.08 bits per heavy atom. The Balaban J connectivity index is 1.70. The van der Waals surface area contributed by atoms with Crippen LogP contribution in [0.5, 0.6) is 5.88 Å². The first-order valence-electron chi connectivity index (χ1n) is 9.19. The second-order valence-corrected chi connectivity index (χ2v) is 7.06. The molecule has 138 valence electrons. The molecule has 3 rings (SSSR count). The molecule has 0 unspecified atom stereocenters. The van der Waals surface area contributed by atoms with Crippen molar-refractivity contribution >= 4 is 0 Å². The van der Waals surface area contributed by atoms with Crippen molar-refractivity contribution in [1.29, 1.82) is 0 Å². The van der Waals surface area contributed by atoms with Gasteiger partial charge in [0.05, 0.1) is 30.7 Å². The summed E-state index contributed by atoms with van der Waals surface area (Å²) in [6.07, 6.45) is 4.30. The van der Waals surface area contributed by atoms with Crippen LogP contribution in [0.15, 0.2) is 22.8 Å². The van der Waals surface area contributed by atoms with E-state index in [2.05, 4.69) is 35.2 Å². The fourth-order valence-corrected chi connectivity index (χ4v) is 3.74. The average molecular weight is 346 g/mol. The highest BCUT2D eigenvalue weighted by Crippen LogP contribution is 2.28. The predicted molar refractivity (Wildman–Crippen MR) is 97.8 cm³/mol. The van der Waals surface area contributed by atoms with Crippen molar-refractivity contribution in [2.75, 3.05) is 26.7 Å². The molecule has 1 saturated heterocycles. The van der Waals surface area contributed by atoms with Crippen LogP contribution in [0, 0.1) is 0 Å². The van der Waals surface area contributed by atoms with Crippen molar-refractivity contribution in [1.82, 2.24) is 20.0 Å². The zero-order valence-electron chi connectivity index (χ0n) is 15.8. The number of ether oxygens (including phenoxy) is 1. The lowest BCUT2D eigenvalue weighted by Crippen LogP contribution is -2.33. The van der Waals surface area contributed by atoms with E-state index < -0.39 is 0 Å². The Labute approximate surface area is 150 Å². The quantitative estimate of drug-likeness (QED) is 0.796. The van der Waals surface area contributed by atoms with Crippen LogP contribution in [0.2, 0.25) is 0 Å². The number of likely N-dealkylation sites (tertiary alicyclic amines) is 1. The first-order chi connectivity index (χ1) is 12.1. The molecule has 25 heavy (non-hydrogen) atoms. The number of aromatic nitrogens is 2. The Bertz CT molecular complexity index is 657. The Hall–Kier alpha value is -1.79. The summed E-state index contributed by atoms with van der Waals surface area (Å²) in [4.78, 5) is 2.51. The van der Waals surface area contributed by atoms with E-state index in [0.29, 0.717) is 5.92 Å². The fourth-order valence-electron chi connectivity index (χ4n) is 3.74. The lowest BCUT2D eigenvalue weighted by atomic mass is 10.1. The molecule has 0 aromatic carbocycles. The minimum Gasteiger partial charge on any atom is -0.481 e. The SMILES string of the molecule is COc1c(CNC[C@H](c2ccco2)N2CCCC2)c(C(C)C)nn1C. The van der Waals surface area contributed by atoms with E-state index >= 15 is 0 Å². The normalized spacial score (nSPS) is 16.7. The lowest BCUT2D eigenvalue weighted by Gasteiger charge is -2.26. The van der Waals surface area contributed by atoms with Gasteiger partial charge in [-0.2, -0.15) is 5.10 Å². The smallest absolute Gasteiger partial charge is 0.216 e. The third-order valence-electron chi connectivity index (χ3n) is 4.95. The van der Waals surface area contributed by atoms with Crippen LogP contribution < -0.4 is 10.1 Å². The zero-order chi connectivity index (χ0) is 17.8. The van der Waals surface area contributed by atoms with Gasteiger partial charge in [-0.1, -0.05) is 13.8 Å². The molecule has 1 aliphatic rings. The highest BCUT2D eigenvalue weighted by Gasteiger charge is 2.26. The molecule has 6 heteroatoms. The highest BCUT2D eigenvalue weighted by atomic mass is 16.5. The number of furan rings is 1. The van der Waals surface area contributed by atoms with Crippen LogP contribution in [-0.4, -0.2) is 41.4 Å².